The van der Waals surface area contributed by atoms with Gasteiger partial charge in [0.15, 0.2) is 0 Å². The van der Waals surface area contributed by atoms with Crippen molar-refractivity contribution < 1.29 is 14.3 Å². The van der Waals surface area contributed by atoms with Crippen LogP contribution in [0.1, 0.15) is 26.3 Å². The smallest absolute Gasteiger partial charge is 0.317 e. The summed E-state index contributed by atoms with van der Waals surface area (Å²) >= 11 is 0. The van der Waals surface area contributed by atoms with E-state index in [1.807, 2.05) is 49.9 Å². The molecule has 1 atom stereocenters. The highest BCUT2D eigenvalue weighted by molar-refractivity contribution is 5.74. The van der Waals surface area contributed by atoms with Gasteiger partial charge in [0, 0.05) is 12.6 Å². The lowest BCUT2D eigenvalue weighted by molar-refractivity contribution is -0.0735. The lowest BCUT2D eigenvalue weighted by atomic mass is 10.1. The normalized spacial score (nSPS) is 18.6. The molecule has 2 amide bonds. The Morgan fingerprint density at radius 1 is 1.50 bits per heavy atom. The van der Waals surface area contributed by atoms with Gasteiger partial charge in [-0.05, 0) is 44.9 Å². The number of amides is 2. The van der Waals surface area contributed by atoms with Gasteiger partial charge in [-0.25, -0.2) is 4.79 Å². The van der Waals surface area contributed by atoms with Crippen LogP contribution in [0, 0.1) is 0 Å². The Kier molecular flexibility index (Phi) is 5.29. The molecule has 5 nitrogen and oxygen atoms in total. The Labute approximate surface area is 132 Å². The van der Waals surface area contributed by atoms with Crippen molar-refractivity contribution in [3.63, 3.8) is 0 Å². The van der Waals surface area contributed by atoms with Crippen molar-refractivity contribution in [2.24, 2.45) is 0 Å². The Bertz CT molecular complexity index is 516. The number of hydrogen-bond acceptors (Lipinski definition) is 3. The number of rotatable bonds is 4. The summed E-state index contributed by atoms with van der Waals surface area (Å²) in [5.74, 6) is 0.839. The number of methoxy groups -OCH3 is 1. The number of nitrogens with one attached hydrogen (secondary N) is 1. The summed E-state index contributed by atoms with van der Waals surface area (Å²) in [5, 5.41) is 3.06. The zero-order valence-corrected chi connectivity index (χ0v) is 13.9. The van der Waals surface area contributed by atoms with E-state index >= 15 is 0 Å². The van der Waals surface area contributed by atoms with Crippen molar-refractivity contribution in [1.29, 1.82) is 0 Å². The first-order chi connectivity index (χ1) is 10.4. The zero-order chi connectivity index (χ0) is 16.2. The zero-order valence-electron chi connectivity index (χ0n) is 13.9. The van der Waals surface area contributed by atoms with Gasteiger partial charge >= 0.3 is 6.03 Å². The standard InChI is InChI=1S/C17H26N2O3/c1-13(10-14-6-5-7-15(11-14)21-4)18-16(20)19-8-9-22-17(2,3)12-19/h5-7,11,13H,8-10,12H2,1-4H3,(H,18,20)/t13-/m0/s1. The molecular weight excluding hydrogens is 280 g/mol. The van der Waals surface area contributed by atoms with Crippen LogP contribution in [0.15, 0.2) is 24.3 Å². The van der Waals surface area contributed by atoms with Crippen LogP contribution in [0.5, 0.6) is 5.75 Å². The van der Waals surface area contributed by atoms with E-state index < -0.39 is 0 Å². The minimum atomic E-state index is -0.272. The number of carbonyl (C=O) groups is 1. The van der Waals surface area contributed by atoms with Crippen LogP contribution in [0.3, 0.4) is 0 Å². The fraction of sp³-hybridized carbons (Fsp3) is 0.588. The van der Waals surface area contributed by atoms with Crippen molar-refractivity contribution in [2.75, 3.05) is 26.8 Å². The predicted octanol–water partition coefficient (Wildman–Crippen LogP) is 2.45. The van der Waals surface area contributed by atoms with Crippen LogP contribution in [0.4, 0.5) is 4.79 Å². The Balaban J connectivity index is 1.88. The molecular formula is C17H26N2O3. The molecule has 1 N–H and O–H groups in total. The molecule has 1 aliphatic heterocycles. The number of urea groups is 1. The fourth-order valence-corrected chi connectivity index (χ4v) is 2.70. The number of benzene rings is 1. The summed E-state index contributed by atoms with van der Waals surface area (Å²) in [4.78, 5) is 14.2. The lowest BCUT2D eigenvalue weighted by Crippen LogP contribution is -2.54. The van der Waals surface area contributed by atoms with Gasteiger partial charge in [-0.2, -0.15) is 0 Å². The molecule has 1 aromatic rings. The second-order valence-electron chi connectivity index (χ2n) is 6.44. The molecule has 1 aromatic carbocycles. The third kappa shape index (κ3) is 4.63. The molecule has 0 saturated carbocycles. The van der Waals surface area contributed by atoms with E-state index in [4.69, 9.17) is 9.47 Å². The second kappa shape index (κ2) is 7.01. The maximum Gasteiger partial charge on any atom is 0.317 e. The highest BCUT2D eigenvalue weighted by atomic mass is 16.5. The molecule has 1 heterocycles. The predicted molar refractivity (Wildman–Crippen MR) is 86.3 cm³/mol. The Morgan fingerprint density at radius 2 is 2.27 bits per heavy atom. The van der Waals surface area contributed by atoms with Crippen LogP contribution >= 0.6 is 0 Å². The highest BCUT2D eigenvalue weighted by Gasteiger charge is 2.30. The summed E-state index contributed by atoms with van der Waals surface area (Å²) in [5.41, 5.74) is 0.875. The monoisotopic (exact) mass is 306 g/mol. The first kappa shape index (κ1) is 16.6. The SMILES string of the molecule is COc1cccc(C[C@H](C)NC(=O)N2CCOC(C)(C)C2)c1. The summed E-state index contributed by atoms with van der Waals surface area (Å²) in [6, 6.07) is 7.97. The number of morpholine rings is 1. The van der Waals surface area contributed by atoms with E-state index in [0.29, 0.717) is 19.7 Å². The topological polar surface area (TPSA) is 50.8 Å². The van der Waals surface area contributed by atoms with Crippen molar-refractivity contribution in [3.05, 3.63) is 29.8 Å². The molecule has 122 valence electrons. The number of nitrogens with zero attached hydrogens (tertiary/aromatic N) is 1. The van der Waals surface area contributed by atoms with Crippen molar-refractivity contribution >= 4 is 6.03 Å². The molecule has 22 heavy (non-hydrogen) atoms. The maximum atomic E-state index is 12.3. The van der Waals surface area contributed by atoms with Crippen LogP contribution in [0.2, 0.25) is 0 Å². The molecule has 1 aliphatic rings. The molecule has 0 aliphatic carbocycles. The van der Waals surface area contributed by atoms with Crippen molar-refractivity contribution in [1.82, 2.24) is 10.2 Å². The van der Waals surface area contributed by atoms with E-state index in [2.05, 4.69) is 5.32 Å². The van der Waals surface area contributed by atoms with Crippen LogP contribution < -0.4 is 10.1 Å². The van der Waals surface area contributed by atoms with Gasteiger partial charge in [-0.15, -0.1) is 0 Å². The number of ether oxygens (including phenoxy) is 2. The maximum absolute atomic E-state index is 12.3. The van der Waals surface area contributed by atoms with Gasteiger partial charge < -0.3 is 19.7 Å². The Hall–Kier alpha value is -1.75. The minimum Gasteiger partial charge on any atom is -0.497 e. The lowest BCUT2D eigenvalue weighted by Gasteiger charge is -2.38. The van der Waals surface area contributed by atoms with Crippen LogP contribution in [0.25, 0.3) is 0 Å². The average molecular weight is 306 g/mol. The summed E-state index contributed by atoms with van der Waals surface area (Å²) in [7, 11) is 1.66. The largest absolute Gasteiger partial charge is 0.497 e. The third-order valence-electron chi connectivity index (χ3n) is 3.76. The van der Waals surface area contributed by atoms with E-state index in [9.17, 15) is 4.79 Å². The van der Waals surface area contributed by atoms with Crippen LogP contribution in [-0.4, -0.2) is 49.4 Å². The molecule has 0 aromatic heterocycles. The first-order valence-electron chi connectivity index (χ1n) is 7.72. The molecule has 1 saturated heterocycles. The molecule has 5 heteroatoms. The molecule has 0 unspecified atom stereocenters. The van der Waals surface area contributed by atoms with Crippen molar-refractivity contribution in [3.8, 4) is 5.75 Å². The first-order valence-corrected chi connectivity index (χ1v) is 7.72. The molecule has 0 bridgehead atoms. The van der Waals surface area contributed by atoms with Gasteiger partial charge in [-0.1, -0.05) is 12.1 Å². The van der Waals surface area contributed by atoms with Crippen LogP contribution in [-0.2, 0) is 11.2 Å². The summed E-state index contributed by atoms with van der Waals surface area (Å²) < 4.78 is 10.9. The van der Waals surface area contributed by atoms with Gasteiger partial charge in [0.1, 0.15) is 5.75 Å². The van der Waals surface area contributed by atoms with Gasteiger partial charge in [0.2, 0.25) is 0 Å². The van der Waals surface area contributed by atoms with E-state index in [-0.39, 0.29) is 17.7 Å². The van der Waals surface area contributed by atoms with E-state index in [0.717, 1.165) is 17.7 Å². The molecule has 2 rings (SSSR count). The highest BCUT2D eigenvalue weighted by Crippen LogP contribution is 2.17. The summed E-state index contributed by atoms with van der Waals surface area (Å²) in [6.07, 6.45) is 0.774. The number of carbonyl (C=O) groups excluding carboxylic acids is 1. The average Bonchev–Trinajstić information content (AvgIpc) is 2.46. The Morgan fingerprint density at radius 3 is 2.95 bits per heavy atom. The third-order valence-corrected chi connectivity index (χ3v) is 3.76. The van der Waals surface area contributed by atoms with Crippen molar-refractivity contribution in [2.45, 2.75) is 38.8 Å². The van der Waals surface area contributed by atoms with E-state index in [1.54, 1.807) is 7.11 Å². The molecule has 1 fully saturated rings. The molecule has 0 spiro atoms. The number of hydrogen-bond donors (Lipinski definition) is 1. The quantitative estimate of drug-likeness (QED) is 0.929. The van der Waals surface area contributed by atoms with E-state index in [1.165, 1.54) is 0 Å². The van der Waals surface area contributed by atoms with Gasteiger partial charge in [0.25, 0.3) is 0 Å². The second-order valence-corrected chi connectivity index (χ2v) is 6.44. The summed E-state index contributed by atoms with van der Waals surface area (Å²) in [6.45, 7) is 7.87. The van der Waals surface area contributed by atoms with Gasteiger partial charge in [-0.3, -0.25) is 0 Å². The molecule has 0 radical (unpaired) electrons. The van der Waals surface area contributed by atoms with Gasteiger partial charge in [0.05, 0.1) is 25.9 Å². The fourth-order valence-electron chi connectivity index (χ4n) is 2.70. The minimum absolute atomic E-state index is 0.0215.